The van der Waals surface area contributed by atoms with Crippen LogP contribution in [-0.2, 0) is 0 Å². The van der Waals surface area contributed by atoms with Gasteiger partial charge in [0.1, 0.15) is 0 Å². The van der Waals surface area contributed by atoms with Crippen molar-refractivity contribution in [3.8, 4) is 0 Å². The van der Waals surface area contributed by atoms with E-state index in [0.29, 0.717) is 5.92 Å². The third-order valence-electron chi connectivity index (χ3n) is 4.82. The van der Waals surface area contributed by atoms with Crippen molar-refractivity contribution < 1.29 is 0 Å². The number of nitrogens with zero attached hydrogens (tertiary/aromatic N) is 1. The molecule has 0 radical (unpaired) electrons. The first-order valence-corrected chi connectivity index (χ1v) is 7.49. The lowest BCUT2D eigenvalue weighted by Gasteiger charge is -2.36. The van der Waals surface area contributed by atoms with Crippen molar-refractivity contribution in [3.63, 3.8) is 0 Å². The Morgan fingerprint density at radius 2 is 1.94 bits per heavy atom. The van der Waals surface area contributed by atoms with E-state index in [1.54, 1.807) is 0 Å². The summed E-state index contributed by atoms with van der Waals surface area (Å²) < 4.78 is 0. The molecule has 0 aromatic rings. The average molecular weight is 239 g/mol. The first-order valence-electron chi connectivity index (χ1n) is 7.49. The van der Waals surface area contributed by atoms with Crippen molar-refractivity contribution in [2.45, 2.75) is 45.1 Å². The fourth-order valence-electron chi connectivity index (χ4n) is 3.11. The average Bonchev–Trinajstić information content (AvgIpc) is 2.33. The largest absolute Gasteiger partial charge is 0.330 e. The summed E-state index contributed by atoms with van der Waals surface area (Å²) in [5.74, 6) is 1.56. The molecule has 100 valence electrons. The Balaban J connectivity index is 1.69. The van der Waals surface area contributed by atoms with Crippen molar-refractivity contribution in [3.05, 3.63) is 0 Å². The molecule has 1 aliphatic carbocycles. The smallest absolute Gasteiger partial charge is 0.00672 e. The van der Waals surface area contributed by atoms with E-state index < -0.39 is 0 Å². The minimum Gasteiger partial charge on any atom is -0.330 e. The van der Waals surface area contributed by atoms with E-state index in [-0.39, 0.29) is 0 Å². The van der Waals surface area contributed by atoms with E-state index in [1.807, 2.05) is 0 Å². The molecule has 1 aliphatic heterocycles. The molecule has 0 aromatic carbocycles. The second-order valence-corrected chi connectivity index (χ2v) is 5.80. The first-order chi connectivity index (χ1) is 8.33. The minimum absolute atomic E-state index is 0.703. The zero-order chi connectivity index (χ0) is 12.1. The number of hydrogen-bond acceptors (Lipinski definition) is 3. The van der Waals surface area contributed by atoms with E-state index in [9.17, 15) is 0 Å². The van der Waals surface area contributed by atoms with Crippen LogP contribution in [0.1, 0.15) is 39.0 Å². The molecular formula is C14H29N3. The van der Waals surface area contributed by atoms with Crippen molar-refractivity contribution in [2.24, 2.45) is 17.6 Å². The molecule has 1 atom stereocenters. The van der Waals surface area contributed by atoms with Gasteiger partial charge in [-0.3, -0.25) is 0 Å². The van der Waals surface area contributed by atoms with Gasteiger partial charge >= 0.3 is 0 Å². The Kier molecular flexibility index (Phi) is 5.26. The predicted octanol–water partition coefficient (Wildman–Crippen LogP) is 1.44. The molecule has 2 aliphatic rings. The van der Waals surface area contributed by atoms with Crippen molar-refractivity contribution in [1.29, 1.82) is 0 Å². The Labute approximate surface area is 106 Å². The molecule has 1 heterocycles. The Bertz CT molecular complexity index is 208. The monoisotopic (exact) mass is 239 g/mol. The predicted molar refractivity (Wildman–Crippen MR) is 73.0 cm³/mol. The summed E-state index contributed by atoms with van der Waals surface area (Å²) in [5, 5.41) is 3.70. The number of rotatable bonds is 6. The van der Waals surface area contributed by atoms with Crippen LogP contribution in [0.2, 0.25) is 0 Å². The van der Waals surface area contributed by atoms with Gasteiger partial charge in [0.2, 0.25) is 0 Å². The standard InChI is InChI=1S/C14H29N3/c1-2-17-8-6-12(7-9-17)13(10-15)11-16-14-4-3-5-14/h12-14,16H,2-11,15H2,1H3. The van der Waals surface area contributed by atoms with Crippen LogP contribution in [0.15, 0.2) is 0 Å². The quantitative estimate of drug-likeness (QED) is 0.737. The molecule has 0 bridgehead atoms. The molecule has 0 spiro atoms. The highest BCUT2D eigenvalue weighted by Gasteiger charge is 2.26. The normalized spacial score (nSPS) is 25.8. The maximum Gasteiger partial charge on any atom is 0.00672 e. The van der Waals surface area contributed by atoms with Gasteiger partial charge in [-0.2, -0.15) is 0 Å². The van der Waals surface area contributed by atoms with Crippen molar-refractivity contribution >= 4 is 0 Å². The van der Waals surface area contributed by atoms with Crippen LogP contribution in [-0.4, -0.2) is 43.7 Å². The molecule has 17 heavy (non-hydrogen) atoms. The molecule has 1 unspecified atom stereocenters. The molecule has 1 saturated heterocycles. The fourth-order valence-corrected chi connectivity index (χ4v) is 3.11. The van der Waals surface area contributed by atoms with Gasteiger partial charge < -0.3 is 16.0 Å². The van der Waals surface area contributed by atoms with E-state index in [1.165, 1.54) is 51.7 Å². The van der Waals surface area contributed by atoms with Crippen LogP contribution in [0.4, 0.5) is 0 Å². The fraction of sp³-hybridized carbons (Fsp3) is 1.00. The lowest BCUT2D eigenvalue weighted by molar-refractivity contribution is 0.148. The van der Waals surface area contributed by atoms with Gasteiger partial charge in [-0.05, 0) is 70.2 Å². The Morgan fingerprint density at radius 1 is 1.24 bits per heavy atom. The number of nitrogens with one attached hydrogen (secondary N) is 1. The van der Waals surface area contributed by atoms with E-state index >= 15 is 0 Å². The van der Waals surface area contributed by atoms with Crippen molar-refractivity contribution in [2.75, 3.05) is 32.7 Å². The van der Waals surface area contributed by atoms with Crippen LogP contribution in [0.3, 0.4) is 0 Å². The Morgan fingerprint density at radius 3 is 2.41 bits per heavy atom. The van der Waals surface area contributed by atoms with Gasteiger partial charge in [-0.25, -0.2) is 0 Å². The topological polar surface area (TPSA) is 41.3 Å². The zero-order valence-electron chi connectivity index (χ0n) is 11.3. The van der Waals surface area contributed by atoms with Gasteiger partial charge in [-0.15, -0.1) is 0 Å². The van der Waals surface area contributed by atoms with Gasteiger partial charge in [-0.1, -0.05) is 13.3 Å². The van der Waals surface area contributed by atoms with E-state index in [0.717, 1.165) is 25.0 Å². The number of nitrogens with two attached hydrogens (primary N) is 1. The molecular weight excluding hydrogens is 210 g/mol. The summed E-state index contributed by atoms with van der Waals surface area (Å²) in [7, 11) is 0. The zero-order valence-corrected chi connectivity index (χ0v) is 11.3. The Hall–Kier alpha value is -0.120. The van der Waals surface area contributed by atoms with Gasteiger partial charge in [0.25, 0.3) is 0 Å². The molecule has 2 fully saturated rings. The summed E-state index contributed by atoms with van der Waals surface area (Å²) >= 11 is 0. The SMILES string of the molecule is CCN1CCC(C(CN)CNC2CCC2)CC1. The summed E-state index contributed by atoms with van der Waals surface area (Å²) in [6.07, 6.45) is 6.88. The minimum atomic E-state index is 0.703. The summed E-state index contributed by atoms with van der Waals surface area (Å²) in [5.41, 5.74) is 5.96. The number of hydrogen-bond donors (Lipinski definition) is 2. The highest BCUT2D eigenvalue weighted by Crippen LogP contribution is 2.25. The van der Waals surface area contributed by atoms with Gasteiger partial charge in [0.05, 0.1) is 0 Å². The second kappa shape index (κ2) is 6.72. The molecule has 2 rings (SSSR count). The van der Waals surface area contributed by atoms with Crippen LogP contribution < -0.4 is 11.1 Å². The van der Waals surface area contributed by atoms with Crippen molar-refractivity contribution in [1.82, 2.24) is 10.2 Å². The highest BCUT2D eigenvalue weighted by atomic mass is 15.1. The van der Waals surface area contributed by atoms with Gasteiger partial charge in [0, 0.05) is 6.04 Å². The lowest BCUT2D eigenvalue weighted by atomic mass is 9.83. The summed E-state index contributed by atoms with van der Waals surface area (Å²) in [6.45, 7) is 8.04. The van der Waals surface area contributed by atoms with E-state index in [4.69, 9.17) is 5.73 Å². The van der Waals surface area contributed by atoms with Crippen LogP contribution in [0.25, 0.3) is 0 Å². The molecule has 0 amide bonds. The number of likely N-dealkylation sites (tertiary alicyclic amines) is 1. The molecule has 3 heteroatoms. The summed E-state index contributed by atoms with van der Waals surface area (Å²) in [6, 6.07) is 0.805. The van der Waals surface area contributed by atoms with Crippen LogP contribution in [0.5, 0.6) is 0 Å². The maximum atomic E-state index is 5.96. The first kappa shape index (κ1) is 13.3. The molecule has 3 N–H and O–H groups in total. The van der Waals surface area contributed by atoms with Crippen LogP contribution >= 0.6 is 0 Å². The third-order valence-corrected chi connectivity index (χ3v) is 4.82. The maximum absolute atomic E-state index is 5.96. The van der Waals surface area contributed by atoms with Crippen LogP contribution in [0, 0.1) is 11.8 Å². The second-order valence-electron chi connectivity index (χ2n) is 5.80. The number of piperidine rings is 1. The molecule has 3 nitrogen and oxygen atoms in total. The third kappa shape index (κ3) is 3.67. The summed E-state index contributed by atoms with van der Waals surface area (Å²) in [4.78, 5) is 2.56. The molecule has 1 saturated carbocycles. The van der Waals surface area contributed by atoms with E-state index in [2.05, 4.69) is 17.1 Å². The van der Waals surface area contributed by atoms with Gasteiger partial charge in [0.15, 0.2) is 0 Å². The lowest BCUT2D eigenvalue weighted by Crippen LogP contribution is -2.44. The highest BCUT2D eigenvalue weighted by molar-refractivity contribution is 4.82. The molecule has 0 aromatic heterocycles.